The molecule has 5 nitrogen and oxygen atoms in total. The summed E-state index contributed by atoms with van der Waals surface area (Å²) in [6, 6.07) is 0.153. The molecule has 3 N–H and O–H groups in total. The van der Waals surface area contributed by atoms with E-state index in [1.54, 1.807) is 0 Å². The van der Waals surface area contributed by atoms with E-state index in [0.717, 1.165) is 25.7 Å². The van der Waals surface area contributed by atoms with E-state index in [4.69, 9.17) is 23.1 Å². The lowest BCUT2D eigenvalue weighted by Gasteiger charge is -2.30. The van der Waals surface area contributed by atoms with E-state index >= 15 is 0 Å². The maximum Gasteiger partial charge on any atom is 0.351 e. The van der Waals surface area contributed by atoms with Gasteiger partial charge in [0, 0.05) is 0 Å². The van der Waals surface area contributed by atoms with Crippen LogP contribution in [0, 0.1) is 0 Å². The zero-order valence-corrected chi connectivity index (χ0v) is 10.2. The zero-order chi connectivity index (χ0) is 12.1. The summed E-state index contributed by atoms with van der Waals surface area (Å²) in [7, 11) is 0. The molecule has 0 aromatic carbocycles. The second kappa shape index (κ2) is 5.79. The lowest BCUT2D eigenvalue weighted by molar-refractivity contribution is -0.129. The molecule has 0 aliphatic heterocycles. The number of thiocarbonyl (C=S) groups is 1. The molecule has 0 bridgehead atoms. The highest BCUT2D eigenvalue weighted by Gasteiger charge is 2.22. The van der Waals surface area contributed by atoms with E-state index in [-0.39, 0.29) is 16.9 Å². The average molecular weight is 243 g/mol. The average Bonchev–Trinajstić information content (AvgIpc) is 2.26. The van der Waals surface area contributed by atoms with Crippen LogP contribution in [0.3, 0.4) is 0 Å². The Labute approximate surface area is 100 Å². The Morgan fingerprint density at radius 2 is 2.00 bits per heavy atom. The van der Waals surface area contributed by atoms with Gasteiger partial charge in [-0.1, -0.05) is 19.3 Å². The Kier molecular flexibility index (Phi) is 4.67. The minimum Gasteiger partial charge on any atom is -0.477 e. The number of nitrogens with zero attached hydrogens (tertiary/aromatic N) is 2. The van der Waals surface area contributed by atoms with Gasteiger partial charge >= 0.3 is 5.97 Å². The Balaban J connectivity index is 2.77. The van der Waals surface area contributed by atoms with Crippen LogP contribution >= 0.6 is 12.2 Å². The van der Waals surface area contributed by atoms with Crippen LogP contribution in [0.4, 0.5) is 0 Å². The van der Waals surface area contributed by atoms with E-state index in [9.17, 15) is 4.79 Å². The molecule has 1 aliphatic carbocycles. The van der Waals surface area contributed by atoms with Gasteiger partial charge in [0.05, 0.1) is 6.04 Å². The summed E-state index contributed by atoms with van der Waals surface area (Å²) in [5.74, 6) is -1.04. The Morgan fingerprint density at radius 3 is 2.44 bits per heavy atom. The maximum atomic E-state index is 10.7. The molecule has 90 valence electrons. The third-order valence-electron chi connectivity index (χ3n) is 2.71. The second-order valence-electron chi connectivity index (χ2n) is 3.97. The van der Waals surface area contributed by atoms with Gasteiger partial charge in [-0.2, -0.15) is 5.10 Å². The van der Waals surface area contributed by atoms with Gasteiger partial charge in [0.25, 0.3) is 0 Å². The molecule has 0 saturated heterocycles. The fourth-order valence-electron chi connectivity index (χ4n) is 1.84. The number of hydrogen-bond acceptors (Lipinski definition) is 3. The Morgan fingerprint density at radius 1 is 1.44 bits per heavy atom. The molecule has 0 unspecified atom stereocenters. The monoisotopic (exact) mass is 243 g/mol. The standard InChI is InChI=1S/C10H17N3O2S/c1-7(9(14)15)12-13(10(11)16)8-5-3-2-4-6-8/h8H,2-6H2,1H3,(H2,11,16)(H,14,15). The van der Waals surface area contributed by atoms with E-state index in [0.29, 0.717) is 0 Å². The summed E-state index contributed by atoms with van der Waals surface area (Å²) < 4.78 is 0. The van der Waals surface area contributed by atoms with Gasteiger partial charge in [0.2, 0.25) is 0 Å². The lowest BCUT2D eigenvalue weighted by atomic mass is 9.95. The van der Waals surface area contributed by atoms with Crippen LogP contribution in [0.15, 0.2) is 5.10 Å². The number of rotatable bonds is 3. The smallest absolute Gasteiger partial charge is 0.351 e. The minimum absolute atomic E-state index is 0.0124. The van der Waals surface area contributed by atoms with Gasteiger partial charge in [-0.05, 0) is 32.0 Å². The molecule has 0 radical (unpaired) electrons. The summed E-state index contributed by atoms with van der Waals surface area (Å²) in [6.45, 7) is 1.44. The topological polar surface area (TPSA) is 78.9 Å². The molecule has 0 aromatic rings. The van der Waals surface area contributed by atoms with Crippen LogP contribution in [0.5, 0.6) is 0 Å². The first-order valence-electron chi connectivity index (χ1n) is 5.39. The molecule has 0 atom stereocenters. The van der Waals surface area contributed by atoms with Crippen LogP contribution in [0.2, 0.25) is 0 Å². The van der Waals surface area contributed by atoms with Crippen LogP contribution in [0.25, 0.3) is 0 Å². The van der Waals surface area contributed by atoms with Crippen molar-refractivity contribution < 1.29 is 9.90 Å². The second-order valence-corrected chi connectivity index (χ2v) is 4.38. The van der Waals surface area contributed by atoms with Crippen LogP contribution < -0.4 is 5.73 Å². The molecule has 6 heteroatoms. The summed E-state index contributed by atoms with van der Waals surface area (Å²) in [6.07, 6.45) is 5.38. The van der Waals surface area contributed by atoms with Crippen molar-refractivity contribution in [3.05, 3.63) is 0 Å². The van der Waals surface area contributed by atoms with Gasteiger partial charge in [0.15, 0.2) is 5.11 Å². The van der Waals surface area contributed by atoms with E-state index in [1.165, 1.54) is 18.4 Å². The summed E-state index contributed by atoms with van der Waals surface area (Å²) in [5, 5.41) is 14.4. The zero-order valence-electron chi connectivity index (χ0n) is 9.35. The number of carbonyl (C=O) groups is 1. The number of aliphatic carboxylic acids is 1. The molecule has 0 aromatic heterocycles. The highest BCUT2D eigenvalue weighted by Crippen LogP contribution is 2.22. The van der Waals surface area contributed by atoms with Crippen molar-refractivity contribution >= 4 is 29.0 Å². The normalized spacial score (nSPS) is 18.2. The number of hydrazone groups is 1. The summed E-state index contributed by atoms with van der Waals surface area (Å²) >= 11 is 4.91. The van der Waals surface area contributed by atoms with Crippen molar-refractivity contribution in [2.24, 2.45) is 10.8 Å². The molecule has 1 fully saturated rings. The predicted molar refractivity (Wildman–Crippen MR) is 66.2 cm³/mol. The molecule has 1 aliphatic rings. The van der Waals surface area contributed by atoms with Crippen molar-refractivity contribution in [1.29, 1.82) is 0 Å². The quantitative estimate of drug-likeness (QED) is 0.444. The molecule has 16 heavy (non-hydrogen) atoms. The third kappa shape index (κ3) is 3.44. The summed E-state index contributed by atoms with van der Waals surface area (Å²) in [5.41, 5.74) is 5.59. The minimum atomic E-state index is -1.04. The van der Waals surface area contributed by atoms with Crippen molar-refractivity contribution in [1.82, 2.24) is 5.01 Å². The highest BCUT2D eigenvalue weighted by atomic mass is 32.1. The molecular weight excluding hydrogens is 226 g/mol. The van der Waals surface area contributed by atoms with Gasteiger partial charge in [-0.15, -0.1) is 0 Å². The highest BCUT2D eigenvalue weighted by molar-refractivity contribution is 7.80. The first kappa shape index (κ1) is 12.9. The Bertz CT molecular complexity index is 311. The summed E-state index contributed by atoms with van der Waals surface area (Å²) in [4.78, 5) is 10.7. The Hall–Kier alpha value is -1.17. The van der Waals surface area contributed by atoms with Gasteiger partial charge in [-0.25, -0.2) is 9.80 Å². The van der Waals surface area contributed by atoms with Crippen molar-refractivity contribution in [2.75, 3.05) is 0 Å². The van der Waals surface area contributed by atoms with Gasteiger partial charge in [-0.3, -0.25) is 0 Å². The first-order chi connectivity index (χ1) is 7.52. The molecule has 0 spiro atoms. The van der Waals surface area contributed by atoms with Gasteiger partial charge < -0.3 is 10.8 Å². The number of hydrogen-bond donors (Lipinski definition) is 2. The van der Waals surface area contributed by atoms with Crippen LogP contribution in [0.1, 0.15) is 39.0 Å². The fourth-order valence-corrected chi connectivity index (χ4v) is 2.03. The predicted octanol–water partition coefficient (Wildman–Crippen LogP) is 1.33. The SMILES string of the molecule is CC(=NN(C(N)=S)C1CCCCC1)C(=O)O. The van der Waals surface area contributed by atoms with E-state index in [1.807, 2.05) is 0 Å². The molecular formula is C10H17N3O2S. The number of carboxylic acid groups (broad SMARTS) is 1. The molecule has 0 heterocycles. The molecule has 1 rings (SSSR count). The van der Waals surface area contributed by atoms with Crippen molar-refractivity contribution in [3.63, 3.8) is 0 Å². The van der Waals surface area contributed by atoms with Gasteiger partial charge in [0.1, 0.15) is 5.71 Å². The number of nitrogens with two attached hydrogens (primary N) is 1. The van der Waals surface area contributed by atoms with E-state index in [2.05, 4.69) is 5.10 Å². The molecule has 1 saturated carbocycles. The van der Waals surface area contributed by atoms with Crippen LogP contribution in [-0.2, 0) is 4.79 Å². The lowest BCUT2D eigenvalue weighted by Crippen LogP contribution is -2.41. The van der Waals surface area contributed by atoms with Crippen LogP contribution in [-0.4, -0.2) is 33.0 Å². The fraction of sp³-hybridized carbons (Fsp3) is 0.700. The first-order valence-corrected chi connectivity index (χ1v) is 5.80. The van der Waals surface area contributed by atoms with Crippen molar-refractivity contribution in [3.8, 4) is 0 Å². The number of carboxylic acids is 1. The third-order valence-corrected chi connectivity index (χ3v) is 2.90. The molecule has 0 amide bonds. The maximum absolute atomic E-state index is 10.7. The largest absolute Gasteiger partial charge is 0.477 e. The van der Waals surface area contributed by atoms with E-state index < -0.39 is 5.97 Å². The van der Waals surface area contributed by atoms with Crippen molar-refractivity contribution in [2.45, 2.75) is 45.1 Å².